The molecular weight excluding hydrogens is 320 g/mol. The molecule has 1 aliphatic heterocycles. The van der Waals surface area contributed by atoms with E-state index in [4.69, 9.17) is 0 Å². The number of nitrogens with zero attached hydrogens (tertiary/aromatic N) is 1. The van der Waals surface area contributed by atoms with E-state index in [9.17, 15) is 9.59 Å². The number of thiophene rings is 1. The average Bonchev–Trinajstić information content (AvgIpc) is 2.88. The van der Waals surface area contributed by atoms with Crippen molar-refractivity contribution < 1.29 is 9.59 Å². The lowest BCUT2D eigenvalue weighted by Crippen LogP contribution is -2.33. The third-order valence-corrected chi connectivity index (χ3v) is 5.78. The van der Waals surface area contributed by atoms with Crippen LogP contribution in [0.4, 0.5) is 0 Å². The van der Waals surface area contributed by atoms with Gasteiger partial charge in [-0.3, -0.25) is 9.59 Å². The largest absolute Gasteiger partial charge is 0.351 e. The molecule has 0 radical (unpaired) electrons. The number of carbonyl (C=O) groups is 2. The average molecular weight is 351 g/mol. The van der Waals surface area contributed by atoms with E-state index in [-0.39, 0.29) is 11.8 Å². The molecule has 1 N–H and O–H groups in total. The van der Waals surface area contributed by atoms with Crippen molar-refractivity contribution >= 4 is 23.2 Å². The number of rotatable bonds is 8. The van der Waals surface area contributed by atoms with Crippen LogP contribution >= 0.6 is 11.3 Å². The van der Waals surface area contributed by atoms with Gasteiger partial charge < -0.3 is 10.2 Å². The quantitative estimate of drug-likeness (QED) is 0.725. The molecule has 1 saturated heterocycles. The third kappa shape index (κ3) is 5.33. The summed E-state index contributed by atoms with van der Waals surface area (Å²) >= 11 is 1.63. The predicted molar refractivity (Wildman–Crippen MR) is 99.7 cm³/mol. The van der Waals surface area contributed by atoms with E-state index in [0.717, 1.165) is 62.9 Å². The second kappa shape index (κ2) is 9.82. The number of hydrogen-bond donors (Lipinski definition) is 1. The zero-order valence-electron chi connectivity index (χ0n) is 15.0. The van der Waals surface area contributed by atoms with Crippen LogP contribution in [0.1, 0.15) is 72.5 Å². The maximum Gasteiger partial charge on any atom is 0.261 e. The molecule has 0 aliphatic carbocycles. The van der Waals surface area contributed by atoms with Crippen molar-refractivity contribution in [2.24, 2.45) is 0 Å². The Morgan fingerprint density at radius 3 is 2.88 bits per heavy atom. The van der Waals surface area contributed by atoms with Gasteiger partial charge in [0.05, 0.1) is 4.88 Å². The van der Waals surface area contributed by atoms with E-state index in [0.29, 0.717) is 13.0 Å². The summed E-state index contributed by atoms with van der Waals surface area (Å²) in [5.41, 5.74) is 1.31. The van der Waals surface area contributed by atoms with Crippen molar-refractivity contribution in [1.82, 2.24) is 10.2 Å². The van der Waals surface area contributed by atoms with Crippen LogP contribution in [0, 0.1) is 0 Å². The summed E-state index contributed by atoms with van der Waals surface area (Å²) in [5.74, 6) is 0.299. The number of nitrogens with one attached hydrogen (secondary N) is 1. The number of likely N-dealkylation sites (tertiary alicyclic amines) is 1. The molecule has 0 saturated carbocycles. The van der Waals surface area contributed by atoms with E-state index in [1.165, 1.54) is 10.4 Å². The van der Waals surface area contributed by atoms with Gasteiger partial charge in [0, 0.05) is 30.9 Å². The first-order valence-corrected chi connectivity index (χ1v) is 10.1. The Bertz CT molecular complexity index is 554. The van der Waals surface area contributed by atoms with Crippen LogP contribution in [0.25, 0.3) is 0 Å². The molecule has 2 rings (SSSR count). The SMILES string of the molecule is CCCc1sc(C(=O)NCCCN2CCCCCC2=O)cc1CC. The fraction of sp³-hybridized carbons (Fsp3) is 0.684. The lowest BCUT2D eigenvalue weighted by molar-refractivity contribution is -0.130. The zero-order valence-corrected chi connectivity index (χ0v) is 15.8. The summed E-state index contributed by atoms with van der Waals surface area (Å²) in [4.78, 5) is 28.4. The van der Waals surface area contributed by atoms with Crippen LogP contribution in [0.2, 0.25) is 0 Å². The molecule has 0 bridgehead atoms. The van der Waals surface area contributed by atoms with Gasteiger partial charge in [0.2, 0.25) is 5.91 Å². The monoisotopic (exact) mass is 350 g/mol. The second-order valence-corrected chi connectivity index (χ2v) is 7.60. The fourth-order valence-electron chi connectivity index (χ4n) is 3.15. The summed E-state index contributed by atoms with van der Waals surface area (Å²) in [6.45, 7) is 6.57. The molecule has 134 valence electrons. The van der Waals surface area contributed by atoms with Crippen LogP contribution in [-0.2, 0) is 17.6 Å². The topological polar surface area (TPSA) is 49.4 Å². The van der Waals surface area contributed by atoms with Crippen LogP contribution in [0.5, 0.6) is 0 Å². The fourth-order valence-corrected chi connectivity index (χ4v) is 4.42. The molecular formula is C19H30N2O2S. The van der Waals surface area contributed by atoms with E-state index in [2.05, 4.69) is 19.2 Å². The van der Waals surface area contributed by atoms with Crippen LogP contribution in [0.3, 0.4) is 0 Å². The van der Waals surface area contributed by atoms with Crippen LogP contribution < -0.4 is 5.32 Å². The first-order chi connectivity index (χ1) is 11.7. The number of hydrogen-bond acceptors (Lipinski definition) is 3. The molecule has 2 heterocycles. The van der Waals surface area contributed by atoms with Gasteiger partial charge in [-0.25, -0.2) is 0 Å². The summed E-state index contributed by atoms with van der Waals surface area (Å²) in [6, 6.07) is 2.04. The van der Waals surface area contributed by atoms with Crippen molar-refractivity contribution in [3.63, 3.8) is 0 Å². The lowest BCUT2D eigenvalue weighted by Gasteiger charge is -2.20. The highest BCUT2D eigenvalue weighted by Gasteiger charge is 2.16. The smallest absolute Gasteiger partial charge is 0.261 e. The summed E-state index contributed by atoms with van der Waals surface area (Å²) in [6.07, 6.45) is 7.93. The Hall–Kier alpha value is -1.36. The molecule has 0 spiro atoms. The minimum atomic E-state index is 0.0271. The van der Waals surface area contributed by atoms with Gasteiger partial charge in [0.15, 0.2) is 0 Å². The predicted octanol–water partition coefficient (Wildman–Crippen LogP) is 3.79. The van der Waals surface area contributed by atoms with Crippen molar-refractivity contribution in [2.75, 3.05) is 19.6 Å². The number of aryl methyl sites for hydroxylation is 2. The molecule has 1 aromatic heterocycles. The summed E-state index contributed by atoms with van der Waals surface area (Å²) in [5, 5.41) is 3.01. The Morgan fingerprint density at radius 2 is 2.12 bits per heavy atom. The van der Waals surface area contributed by atoms with Crippen molar-refractivity contribution in [3.05, 3.63) is 21.4 Å². The van der Waals surface area contributed by atoms with Crippen LogP contribution in [-0.4, -0.2) is 36.3 Å². The minimum Gasteiger partial charge on any atom is -0.351 e. The van der Waals surface area contributed by atoms with Gasteiger partial charge in [-0.15, -0.1) is 11.3 Å². The van der Waals surface area contributed by atoms with Gasteiger partial charge in [0.25, 0.3) is 5.91 Å². The molecule has 0 unspecified atom stereocenters. The molecule has 2 amide bonds. The highest BCUT2D eigenvalue weighted by molar-refractivity contribution is 7.14. The van der Waals surface area contributed by atoms with Gasteiger partial charge in [-0.05, 0) is 43.7 Å². The first kappa shape index (κ1) is 19.0. The highest BCUT2D eigenvalue weighted by atomic mass is 32.1. The Kier molecular flexibility index (Phi) is 7.76. The number of amides is 2. The molecule has 5 heteroatoms. The third-order valence-electron chi connectivity index (χ3n) is 4.54. The van der Waals surface area contributed by atoms with Crippen LogP contribution in [0.15, 0.2) is 6.07 Å². The van der Waals surface area contributed by atoms with Gasteiger partial charge in [-0.1, -0.05) is 26.7 Å². The second-order valence-electron chi connectivity index (χ2n) is 6.46. The molecule has 1 aliphatic rings. The maximum atomic E-state index is 12.3. The Morgan fingerprint density at radius 1 is 1.29 bits per heavy atom. The highest BCUT2D eigenvalue weighted by Crippen LogP contribution is 2.24. The molecule has 4 nitrogen and oxygen atoms in total. The van der Waals surface area contributed by atoms with E-state index >= 15 is 0 Å². The van der Waals surface area contributed by atoms with Gasteiger partial charge in [0.1, 0.15) is 0 Å². The molecule has 0 aromatic carbocycles. The summed E-state index contributed by atoms with van der Waals surface area (Å²) < 4.78 is 0. The molecule has 24 heavy (non-hydrogen) atoms. The first-order valence-electron chi connectivity index (χ1n) is 9.33. The van der Waals surface area contributed by atoms with Crippen molar-refractivity contribution in [1.29, 1.82) is 0 Å². The minimum absolute atomic E-state index is 0.0271. The van der Waals surface area contributed by atoms with E-state index < -0.39 is 0 Å². The normalized spacial score (nSPS) is 15.4. The Balaban J connectivity index is 1.77. The lowest BCUT2D eigenvalue weighted by atomic mass is 10.1. The van der Waals surface area contributed by atoms with Crippen molar-refractivity contribution in [2.45, 2.75) is 65.2 Å². The number of carbonyl (C=O) groups excluding carboxylic acids is 2. The van der Waals surface area contributed by atoms with Gasteiger partial charge in [-0.2, -0.15) is 0 Å². The zero-order chi connectivity index (χ0) is 17.4. The standard InChI is InChI=1S/C19H30N2O2S/c1-3-9-16-15(4-2)14-17(24-16)19(23)20-11-8-13-21-12-7-5-6-10-18(21)22/h14H,3-13H2,1-2H3,(H,20,23). The maximum absolute atomic E-state index is 12.3. The van der Waals surface area contributed by atoms with E-state index in [1.54, 1.807) is 11.3 Å². The molecule has 1 fully saturated rings. The van der Waals surface area contributed by atoms with Crippen molar-refractivity contribution in [3.8, 4) is 0 Å². The van der Waals surface area contributed by atoms with Gasteiger partial charge >= 0.3 is 0 Å². The molecule has 0 atom stereocenters. The van der Waals surface area contributed by atoms with E-state index in [1.807, 2.05) is 11.0 Å². The Labute approximate surface area is 149 Å². The summed E-state index contributed by atoms with van der Waals surface area (Å²) in [7, 11) is 0. The molecule has 1 aromatic rings.